The minimum atomic E-state index is -0.947. The summed E-state index contributed by atoms with van der Waals surface area (Å²) in [6, 6.07) is -0.756. The molecule has 5 nitrogen and oxygen atoms in total. The Morgan fingerprint density at radius 1 is 0.490 bits per heavy atom. The number of carbonyl (C=O) groups excluding carboxylic acids is 1. The van der Waals surface area contributed by atoms with Crippen molar-refractivity contribution in [3.05, 3.63) is 24.3 Å². The predicted octanol–water partition coefficient (Wildman–Crippen LogP) is 13.0. The Morgan fingerprint density at radius 2 is 0.843 bits per heavy atom. The van der Waals surface area contributed by atoms with Gasteiger partial charge in [-0.2, -0.15) is 0 Å². The third-order valence-electron chi connectivity index (χ3n) is 10.5. The van der Waals surface area contributed by atoms with E-state index in [1.807, 2.05) is 6.08 Å². The molecule has 3 atom stereocenters. The molecule has 0 rings (SSSR count). The van der Waals surface area contributed by atoms with Gasteiger partial charge in [-0.15, -0.1) is 0 Å². The van der Waals surface area contributed by atoms with Crippen molar-refractivity contribution in [2.45, 2.75) is 257 Å². The van der Waals surface area contributed by atoms with Gasteiger partial charge in [0.25, 0.3) is 0 Å². The average molecular weight is 720 g/mol. The van der Waals surface area contributed by atoms with E-state index in [9.17, 15) is 20.1 Å². The summed E-state index contributed by atoms with van der Waals surface area (Å²) < 4.78 is 0. The number of rotatable bonds is 41. The van der Waals surface area contributed by atoms with E-state index in [0.717, 1.165) is 32.1 Å². The Hall–Kier alpha value is -1.17. The van der Waals surface area contributed by atoms with Crippen molar-refractivity contribution >= 4 is 5.91 Å². The lowest BCUT2D eigenvalue weighted by molar-refractivity contribution is -0.124. The topological polar surface area (TPSA) is 89.8 Å². The summed E-state index contributed by atoms with van der Waals surface area (Å²) in [6.07, 6.45) is 50.5. The van der Waals surface area contributed by atoms with Gasteiger partial charge in [0.2, 0.25) is 5.91 Å². The van der Waals surface area contributed by atoms with Gasteiger partial charge in [0.1, 0.15) is 0 Å². The molecule has 0 aliphatic carbocycles. The SMILES string of the molecule is CCCCCCCC/C=C/CC/C=C/C(O)C(CO)NC(=O)CC(O)CCCCCCCCCCCCCCCCCCCCCCCCCC. The Labute approximate surface area is 318 Å². The van der Waals surface area contributed by atoms with Crippen molar-refractivity contribution in [1.82, 2.24) is 5.32 Å². The zero-order valence-electron chi connectivity index (χ0n) is 34.2. The van der Waals surface area contributed by atoms with Crippen LogP contribution in [0, 0.1) is 0 Å². The second-order valence-corrected chi connectivity index (χ2v) is 15.7. The summed E-state index contributed by atoms with van der Waals surface area (Å²) >= 11 is 0. The standard InChI is InChI=1S/C46H89NO4/c1-3-5-7-9-11-13-15-17-18-19-20-21-22-23-24-25-26-27-28-29-31-33-35-37-39-43(49)41-46(51)47-44(42-48)45(50)40-38-36-34-32-30-16-14-12-10-8-6-4-2/h30,32,38,40,43-45,48-50H,3-29,31,33-37,39,41-42H2,1-2H3,(H,47,51)/b32-30+,40-38+. The lowest BCUT2D eigenvalue weighted by Gasteiger charge is -2.21. The number of aliphatic hydroxyl groups excluding tert-OH is 3. The predicted molar refractivity (Wildman–Crippen MR) is 222 cm³/mol. The van der Waals surface area contributed by atoms with Gasteiger partial charge in [0.15, 0.2) is 0 Å². The van der Waals surface area contributed by atoms with Crippen molar-refractivity contribution in [3.63, 3.8) is 0 Å². The molecule has 0 aliphatic rings. The molecule has 0 saturated carbocycles. The van der Waals surface area contributed by atoms with E-state index in [2.05, 4.69) is 31.3 Å². The van der Waals surface area contributed by atoms with Crippen LogP contribution in [0.25, 0.3) is 0 Å². The highest BCUT2D eigenvalue weighted by Crippen LogP contribution is 2.16. The number of unbranched alkanes of at least 4 members (excludes halogenated alkanes) is 30. The molecular weight excluding hydrogens is 631 g/mol. The molecule has 4 N–H and O–H groups in total. The summed E-state index contributed by atoms with van der Waals surface area (Å²) in [4.78, 5) is 12.4. The van der Waals surface area contributed by atoms with Crippen LogP contribution in [0.5, 0.6) is 0 Å². The van der Waals surface area contributed by atoms with Crippen LogP contribution in [0.1, 0.15) is 239 Å². The summed E-state index contributed by atoms with van der Waals surface area (Å²) in [5.74, 6) is -0.323. The molecule has 0 aromatic carbocycles. The molecule has 0 radical (unpaired) electrons. The highest BCUT2D eigenvalue weighted by atomic mass is 16.3. The van der Waals surface area contributed by atoms with E-state index in [1.165, 1.54) is 180 Å². The summed E-state index contributed by atoms with van der Waals surface area (Å²) in [7, 11) is 0. The first-order valence-corrected chi connectivity index (χ1v) is 22.6. The van der Waals surface area contributed by atoms with Crippen molar-refractivity contribution in [1.29, 1.82) is 0 Å². The molecule has 0 bridgehead atoms. The molecule has 3 unspecified atom stereocenters. The van der Waals surface area contributed by atoms with Crippen LogP contribution < -0.4 is 5.32 Å². The van der Waals surface area contributed by atoms with Crippen LogP contribution in [0.3, 0.4) is 0 Å². The van der Waals surface area contributed by atoms with Crippen molar-refractivity contribution < 1.29 is 20.1 Å². The number of nitrogens with one attached hydrogen (secondary N) is 1. The molecule has 302 valence electrons. The van der Waals surface area contributed by atoms with Crippen molar-refractivity contribution in [2.75, 3.05) is 6.61 Å². The summed E-state index contributed by atoms with van der Waals surface area (Å²) in [5, 5.41) is 33.1. The summed E-state index contributed by atoms with van der Waals surface area (Å²) in [6.45, 7) is 4.19. The monoisotopic (exact) mass is 720 g/mol. The Bertz CT molecular complexity index is 754. The maximum absolute atomic E-state index is 12.4. The zero-order valence-corrected chi connectivity index (χ0v) is 34.2. The van der Waals surface area contributed by atoms with Crippen LogP contribution in [-0.4, -0.2) is 46.1 Å². The highest BCUT2D eigenvalue weighted by Gasteiger charge is 2.20. The Balaban J connectivity index is 3.58. The molecule has 0 aromatic heterocycles. The molecule has 0 spiro atoms. The van der Waals surface area contributed by atoms with Crippen LogP contribution in [0.15, 0.2) is 24.3 Å². The van der Waals surface area contributed by atoms with Crippen molar-refractivity contribution in [3.8, 4) is 0 Å². The van der Waals surface area contributed by atoms with Gasteiger partial charge in [-0.25, -0.2) is 0 Å². The molecular formula is C46H89NO4. The van der Waals surface area contributed by atoms with Crippen LogP contribution in [0.4, 0.5) is 0 Å². The van der Waals surface area contributed by atoms with Crippen molar-refractivity contribution in [2.24, 2.45) is 0 Å². The van der Waals surface area contributed by atoms with Crippen LogP contribution in [-0.2, 0) is 4.79 Å². The quantitative estimate of drug-likeness (QED) is 0.0374. The number of amides is 1. The molecule has 0 heterocycles. The first kappa shape index (κ1) is 49.8. The van der Waals surface area contributed by atoms with E-state index in [4.69, 9.17) is 0 Å². The lowest BCUT2D eigenvalue weighted by atomic mass is 10.0. The number of hydrogen-bond acceptors (Lipinski definition) is 4. The van der Waals surface area contributed by atoms with Gasteiger partial charge in [-0.05, 0) is 32.1 Å². The zero-order chi connectivity index (χ0) is 37.3. The molecule has 0 aromatic rings. The van der Waals surface area contributed by atoms with E-state index < -0.39 is 18.2 Å². The van der Waals surface area contributed by atoms with E-state index in [1.54, 1.807) is 6.08 Å². The van der Waals surface area contributed by atoms with Crippen LogP contribution in [0.2, 0.25) is 0 Å². The molecule has 51 heavy (non-hydrogen) atoms. The third-order valence-corrected chi connectivity index (χ3v) is 10.5. The number of carbonyl (C=O) groups is 1. The fourth-order valence-corrected chi connectivity index (χ4v) is 7.00. The largest absolute Gasteiger partial charge is 0.394 e. The smallest absolute Gasteiger partial charge is 0.222 e. The number of aliphatic hydroxyl groups is 3. The highest BCUT2D eigenvalue weighted by molar-refractivity contribution is 5.76. The number of hydrogen-bond donors (Lipinski definition) is 4. The second-order valence-electron chi connectivity index (χ2n) is 15.7. The normalized spacial score (nSPS) is 13.7. The maximum Gasteiger partial charge on any atom is 0.222 e. The van der Waals surface area contributed by atoms with Gasteiger partial charge in [-0.1, -0.05) is 224 Å². The van der Waals surface area contributed by atoms with E-state index in [-0.39, 0.29) is 18.9 Å². The fourth-order valence-electron chi connectivity index (χ4n) is 7.00. The Morgan fingerprint density at radius 3 is 1.25 bits per heavy atom. The van der Waals surface area contributed by atoms with E-state index in [0.29, 0.717) is 6.42 Å². The Kier molecular flexibility index (Phi) is 40.6. The van der Waals surface area contributed by atoms with Crippen LogP contribution >= 0.6 is 0 Å². The minimum Gasteiger partial charge on any atom is -0.394 e. The van der Waals surface area contributed by atoms with E-state index >= 15 is 0 Å². The molecule has 1 amide bonds. The van der Waals surface area contributed by atoms with Gasteiger partial charge >= 0.3 is 0 Å². The van der Waals surface area contributed by atoms with Gasteiger partial charge in [-0.3, -0.25) is 4.79 Å². The molecule has 0 aliphatic heterocycles. The summed E-state index contributed by atoms with van der Waals surface area (Å²) in [5.41, 5.74) is 0. The van der Waals surface area contributed by atoms with Gasteiger partial charge in [0, 0.05) is 0 Å². The lowest BCUT2D eigenvalue weighted by Crippen LogP contribution is -2.45. The first-order chi connectivity index (χ1) is 25.0. The third kappa shape index (κ3) is 38.4. The fraction of sp³-hybridized carbons (Fsp3) is 0.891. The first-order valence-electron chi connectivity index (χ1n) is 22.6. The van der Waals surface area contributed by atoms with Gasteiger partial charge in [0.05, 0.1) is 31.3 Å². The average Bonchev–Trinajstić information content (AvgIpc) is 3.12. The van der Waals surface area contributed by atoms with Gasteiger partial charge < -0.3 is 20.6 Å². The molecule has 5 heteroatoms. The molecule has 0 fully saturated rings. The minimum absolute atomic E-state index is 0.00961. The molecule has 0 saturated heterocycles. The number of allylic oxidation sites excluding steroid dienone is 3. The maximum atomic E-state index is 12.4. The second kappa shape index (κ2) is 41.6.